The number of fused-ring (bicyclic) bond motifs is 2. The molecule has 2 N–H and O–H groups in total. The van der Waals surface area contributed by atoms with Crippen LogP contribution in [0, 0.1) is 25.2 Å². The van der Waals surface area contributed by atoms with Gasteiger partial charge < -0.3 is 20.3 Å². The van der Waals surface area contributed by atoms with Gasteiger partial charge in [0, 0.05) is 29.4 Å². The molecule has 0 bridgehead atoms. The Labute approximate surface area is 255 Å². The number of hydrogen-bond donors (Lipinski definition) is 2. The number of amides is 1. The van der Waals surface area contributed by atoms with Gasteiger partial charge in [-0.15, -0.1) is 0 Å². The molecule has 5 rings (SSSR count). The van der Waals surface area contributed by atoms with Gasteiger partial charge in [-0.2, -0.15) is 5.26 Å². The van der Waals surface area contributed by atoms with Crippen molar-refractivity contribution < 1.29 is 9.53 Å². The molecule has 0 fully saturated rings. The third kappa shape index (κ3) is 7.00. The van der Waals surface area contributed by atoms with Crippen molar-refractivity contribution in [3.63, 3.8) is 0 Å². The normalized spacial score (nSPS) is 11.1. The highest BCUT2D eigenvalue weighted by molar-refractivity contribution is 6.32. The number of ether oxygens (including phenoxy) is 1. The van der Waals surface area contributed by atoms with Crippen molar-refractivity contribution in [2.24, 2.45) is 0 Å². The van der Waals surface area contributed by atoms with Gasteiger partial charge in [-0.05, 0) is 88.9 Å². The van der Waals surface area contributed by atoms with E-state index in [4.69, 9.17) is 16.3 Å². The molecule has 9 nitrogen and oxygen atoms in total. The molecule has 218 valence electrons. The molecule has 43 heavy (non-hydrogen) atoms. The summed E-state index contributed by atoms with van der Waals surface area (Å²) in [7, 11) is 3.96. The maximum absolute atomic E-state index is 12.6. The average molecular weight is 594 g/mol. The SMILES string of the molecule is Cc1cc2ncc(C#N)c(Nc3ccc(OCc4nc5ccccc5nc4C)c(Cl)c3)c2cc1NC(=O)CCCN(C)C. The standard InChI is InChI=1S/C33H32ClN7O2/c1-20-14-29-24(16-28(20)40-32(42)10-7-13-41(3)4)33(22(17-35)18-36-29)38-23-11-12-31(25(34)15-23)43-19-30-21(2)37-26-8-5-6-9-27(26)39-30/h5-6,8-9,11-12,14-16,18H,7,10,13,19H2,1-4H3,(H,36,38)(H,40,42). The van der Waals surface area contributed by atoms with Crippen LogP contribution in [0.25, 0.3) is 21.9 Å². The summed E-state index contributed by atoms with van der Waals surface area (Å²) >= 11 is 6.62. The van der Waals surface area contributed by atoms with E-state index in [-0.39, 0.29) is 12.5 Å². The number of nitrogens with one attached hydrogen (secondary N) is 2. The Morgan fingerprint density at radius 3 is 2.53 bits per heavy atom. The number of carbonyl (C=O) groups excluding carboxylic acids is 1. The van der Waals surface area contributed by atoms with Crippen LogP contribution in [0.5, 0.6) is 5.75 Å². The van der Waals surface area contributed by atoms with Gasteiger partial charge in [0.2, 0.25) is 5.91 Å². The third-order valence-electron chi connectivity index (χ3n) is 7.03. The van der Waals surface area contributed by atoms with Gasteiger partial charge in [0.05, 0.1) is 44.2 Å². The van der Waals surface area contributed by atoms with Crippen molar-refractivity contribution in [2.75, 3.05) is 31.3 Å². The van der Waals surface area contributed by atoms with Gasteiger partial charge in [-0.25, -0.2) is 9.97 Å². The Morgan fingerprint density at radius 2 is 1.81 bits per heavy atom. The summed E-state index contributed by atoms with van der Waals surface area (Å²) in [6.45, 7) is 4.87. The van der Waals surface area contributed by atoms with Crippen molar-refractivity contribution in [3.8, 4) is 11.8 Å². The molecule has 0 aliphatic carbocycles. The molecule has 0 spiro atoms. The Bertz CT molecular complexity index is 1870. The summed E-state index contributed by atoms with van der Waals surface area (Å²) in [5.74, 6) is 0.437. The molecule has 10 heteroatoms. The number of para-hydroxylation sites is 2. The predicted octanol–water partition coefficient (Wildman–Crippen LogP) is 6.92. The summed E-state index contributed by atoms with van der Waals surface area (Å²) in [4.78, 5) is 28.5. The van der Waals surface area contributed by atoms with Crippen molar-refractivity contribution >= 4 is 56.5 Å². The minimum atomic E-state index is -0.0598. The first-order valence-electron chi connectivity index (χ1n) is 13.9. The number of carbonyl (C=O) groups is 1. The second-order valence-electron chi connectivity index (χ2n) is 10.6. The first-order valence-corrected chi connectivity index (χ1v) is 14.3. The van der Waals surface area contributed by atoms with E-state index in [9.17, 15) is 10.1 Å². The third-order valence-corrected chi connectivity index (χ3v) is 7.32. The van der Waals surface area contributed by atoms with Crippen molar-refractivity contribution in [3.05, 3.63) is 88.3 Å². The van der Waals surface area contributed by atoms with E-state index in [0.717, 1.165) is 41.0 Å². The molecule has 0 radical (unpaired) electrons. The number of rotatable bonds is 10. The minimum Gasteiger partial charge on any atom is -0.486 e. The van der Waals surface area contributed by atoms with Crippen LogP contribution in [0.15, 0.2) is 60.8 Å². The van der Waals surface area contributed by atoms with Crippen LogP contribution in [0.3, 0.4) is 0 Å². The Morgan fingerprint density at radius 1 is 1.05 bits per heavy atom. The maximum Gasteiger partial charge on any atom is 0.224 e. The number of nitrogens with zero attached hydrogens (tertiary/aromatic N) is 5. The highest BCUT2D eigenvalue weighted by atomic mass is 35.5. The largest absolute Gasteiger partial charge is 0.486 e. The van der Waals surface area contributed by atoms with Crippen LogP contribution in [0.1, 0.15) is 35.4 Å². The number of benzene rings is 3. The number of anilines is 3. The second kappa shape index (κ2) is 13.0. The molecule has 0 unspecified atom stereocenters. The zero-order valence-electron chi connectivity index (χ0n) is 24.5. The fourth-order valence-corrected chi connectivity index (χ4v) is 4.95. The number of nitriles is 1. The van der Waals surface area contributed by atoms with Crippen LogP contribution in [-0.2, 0) is 11.4 Å². The lowest BCUT2D eigenvalue weighted by molar-refractivity contribution is -0.116. The molecule has 5 aromatic rings. The first kappa shape index (κ1) is 29.7. The zero-order valence-corrected chi connectivity index (χ0v) is 25.3. The topological polar surface area (TPSA) is 116 Å². The van der Waals surface area contributed by atoms with Gasteiger partial charge in [-0.3, -0.25) is 9.78 Å². The molecule has 0 saturated heterocycles. The lowest BCUT2D eigenvalue weighted by atomic mass is 10.0. The summed E-state index contributed by atoms with van der Waals surface area (Å²) < 4.78 is 6.01. The van der Waals surface area contributed by atoms with Crippen LogP contribution < -0.4 is 15.4 Å². The molecule has 2 aromatic heterocycles. The fraction of sp³-hybridized carbons (Fsp3) is 0.242. The monoisotopic (exact) mass is 593 g/mol. The molecule has 2 heterocycles. The minimum absolute atomic E-state index is 0.0598. The molecule has 0 atom stereocenters. The van der Waals surface area contributed by atoms with Crippen LogP contribution >= 0.6 is 11.6 Å². The van der Waals surface area contributed by atoms with Gasteiger partial charge >= 0.3 is 0 Å². The van der Waals surface area contributed by atoms with Crippen LogP contribution in [-0.4, -0.2) is 46.4 Å². The van der Waals surface area contributed by atoms with E-state index in [1.165, 1.54) is 6.20 Å². The van der Waals surface area contributed by atoms with Crippen LogP contribution in [0.4, 0.5) is 17.1 Å². The predicted molar refractivity (Wildman–Crippen MR) is 171 cm³/mol. The average Bonchev–Trinajstić information content (AvgIpc) is 2.97. The summed E-state index contributed by atoms with van der Waals surface area (Å²) in [5.41, 5.74) is 7.02. The zero-order chi connectivity index (χ0) is 30.5. The lowest BCUT2D eigenvalue weighted by Gasteiger charge is -2.16. The summed E-state index contributed by atoms with van der Waals surface area (Å²) in [6, 6.07) is 19.0. The first-order chi connectivity index (χ1) is 20.7. The number of hydrogen-bond acceptors (Lipinski definition) is 8. The van der Waals surface area contributed by atoms with Crippen molar-refractivity contribution in [1.29, 1.82) is 5.26 Å². The molecule has 0 aliphatic heterocycles. The van der Waals surface area contributed by atoms with E-state index >= 15 is 0 Å². The Kier molecular flexibility index (Phi) is 9.00. The highest BCUT2D eigenvalue weighted by Gasteiger charge is 2.15. The number of aryl methyl sites for hydroxylation is 2. The summed E-state index contributed by atoms with van der Waals surface area (Å²) in [5, 5.41) is 17.3. The Balaban J connectivity index is 1.36. The number of pyridine rings is 1. The second-order valence-corrected chi connectivity index (χ2v) is 11.0. The maximum atomic E-state index is 12.6. The van der Waals surface area contributed by atoms with Gasteiger partial charge in [0.15, 0.2) is 0 Å². The van der Waals surface area contributed by atoms with E-state index in [1.807, 2.05) is 75.3 Å². The highest BCUT2D eigenvalue weighted by Crippen LogP contribution is 2.35. The molecule has 0 saturated carbocycles. The number of halogens is 1. The Hall–Kier alpha value is -4.78. The van der Waals surface area contributed by atoms with E-state index < -0.39 is 0 Å². The van der Waals surface area contributed by atoms with Gasteiger partial charge in [0.25, 0.3) is 0 Å². The van der Waals surface area contributed by atoms with Crippen molar-refractivity contribution in [2.45, 2.75) is 33.3 Å². The van der Waals surface area contributed by atoms with Crippen molar-refractivity contribution in [1.82, 2.24) is 19.9 Å². The molecule has 0 aliphatic rings. The van der Waals surface area contributed by atoms with Crippen LogP contribution in [0.2, 0.25) is 5.02 Å². The number of aromatic nitrogens is 3. The molecular formula is C33H32ClN7O2. The smallest absolute Gasteiger partial charge is 0.224 e. The molecule has 3 aromatic carbocycles. The van der Waals surface area contributed by atoms with E-state index in [1.54, 1.807) is 12.1 Å². The lowest BCUT2D eigenvalue weighted by Crippen LogP contribution is -2.17. The quantitative estimate of drug-likeness (QED) is 0.179. The molecule has 1 amide bonds. The summed E-state index contributed by atoms with van der Waals surface area (Å²) in [6.07, 6.45) is 2.71. The molecular weight excluding hydrogens is 562 g/mol. The van der Waals surface area contributed by atoms with Gasteiger partial charge in [-0.1, -0.05) is 23.7 Å². The van der Waals surface area contributed by atoms with Gasteiger partial charge in [0.1, 0.15) is 18.4 Å². The van der Waals surface area contributed by atoms with E-state index in [2.05, 4.69) is 31.7 Å². The van der Waals surface area contributed by atoms with E-state index in [0.29, 0.717) is 50.7 Å². The fourth-order valence-electron chi connectivity index (χ4n) is 4.71.